The van der Waals surface area contributed by atoms with E-state index < -0.39 is 10.0 Å². The molecule has 0 atom stereocenters. The number of rotatable bonds is 4. The molecule has 0 unspecified atom stereocenters. The molecule has 4 rings (SSSR count). The first-order valence-electron chi connectivity index (χ1n) is 10.1. The highest BCUT2D eigenvalue weighted by Crippen LogP contribution is 2.24. The predicted molar refractivity (Wildman–Crippen MR) is 119 cm³/mol. The molecular weight excluding hydrogens is 396 g/mol. The number of aryl methyl sites for hydroxylation is 3. The summed E-state index contributed by atoms with van der Waals surface area (Å²) in [4.78, 5) is 2.43. The van der Waals surface area contributed by atoms with E-state index in [1.807, 2.05) is 31.2 Å². The van der Waals surface area contributed by atoms with Crippen molar-refractivity contribution in [2.24, 2.45) is 0 Å². The van der Waals surface area contributed by atoms with Gasteiger partial charge in [-0.2, -0.15) is 4.31 Å². The normalized spacial score (nSPS) is 15.4. The van der Waals surface area contributed by atoms with Crippen molar-refractivity contribution in [1.82, 2.24) is 14.5 Å². The molecule has 1 fully saturated rings. The van der Waals surface area contributed by atoms with Gasteiger partial charge >= 0.3 is 0 Å². The van der Waals surface area contributed by atoms with Gasteiger partial charge in [0.15, 0.2) is 5.82 Å². The van der Waals surface area contributed by atoms with E-state index >= 15 is 0 Å². The average Bonchev–Trinajstić information content (AvgIpc) is 2.74. The third kappa shape index (κ3) is 4.08. The molecule has 0 N–H and O–H groups in total. The van der Waals surface area contributed by atoms with Crippen molar-refractivity contribution in [3.8, 4) is 11.3 Å². The first-order chi connectivity index (χ1) is 14.3. The maximum Gasteiger partial charge on any atom is 0.243 e. The fourth-order valence-electron chi connectivity index (χ4n) is 3.76. The van der Waals surface area contributed by atoms with Gasteiger partial charge in [-0.15, -0.1) is 10.2 Å². The highest BCUT2D eigenvalue weighted by Gasteiger charge is 2.29. The van der Waals surface area contributed by atoms with Gasteiger partial charge in [-0.3, -0.25) is 0 Å². The Balaban J connectivity index is 1.44. The van der Waals surface area contributed by atoms with E-state index in [9.17, 15) is 8.42 Å². The molecular formula is C23H26N4O2S. The molecule has 0 amide bonds. The average molecular weight is 423 g/mol. The van der Waals surface area contributed by atoms with Crippen LogP contribution >= 0.6 is 0 Å². The lowest BCUT2D eigenvalue weighted by molar-refractivity contribution is 0.383. The maximum absolute atomic E-state index is 12.9. The lowest BCUT2D eigenvalue weighted by Gasteiger charge is -2.34. The molecule has 7 heteroatoms. The molecule has 1 saturated heterocycles. The second-order valence-electron chi connectivity index (χ2n) is 7.80. The standard InChI is InChI=1S/C23H26N4O2S/c1-17-4-7-20(8-5-17)30(28,29)27-14-12-26(13-15-27)23-11-10-22(24-25-23)21-9-6-18(2)16-19(21)3/h4-11,16H,12-15H2,1-3H3. The Labute approximate surface area is 178 Å². The zero-order valence-electron chi connectivity index (χ0n) is 17.5. The summed E-state index contributed by atoms with van der Waals surface area (Å²) in [5.74, 6) is 0.774. The van der Waals surface area contributed by atoms with Gasteiger partial charge in [0.25, 0.3) is 0 Å². The number of anilines is 1. The third-order valence-electron chi connectivity index (χ3n) is 5.53. The molecule has 0 bridgehead atoms. The van der Waals surface area contributed by atoms with Crippen molar-refractivity contribution in [3.05, 3.63) is 71.3 Å². The molecule has 0 aliphatic carbocycles. The van der Waals surface area contributed by atoms with Crippen molar-refractivity contribution in [2.75, 3.05) is 31.1 Å². The fourth-order valence-corrected chi connectivity index (χ4v) is 5.18. The van der Waals surface area contributed by atoms with Crippen LogP contribution in [0.4, 0.5) is 5.82 Å². The quantitative estimate of drug-likeness (QED) is 0.643. The minimum atomic E-state index is -3.46. The summed E-state index contributed by atoms with van der Waals surface area (Å²) in [6.45, 7) is 8.12. The molecule has 30 heavy (non-hydrogen) atoms. The number of hydrogen-bond donors (Lipinski definition) is 0. The van der Waals surface area contributed by atoms with E-state index in [2.05, 4.69) is 47.1 Å². The summed E-state index contributed by atoms with van der Waals surface area (Å²) >= 11 is 0. The maximum atomic E-state index is 12.9. The van der Waals surface area contributed by atoms with Gasteiger partial charge in [-0.1, -0.05) is 41.5 Å². The molecule has 2 heterocycles. The first kappa shape index (κ1) is 20.5. The van der Waals surface area contributed by atoms with Crippen molar-refractivity contribution in [1.29, 1.82) is 0 Å². The van der Waals surface area contributed by atoms with Crippen LogP contribution in [0.1, 0.15) is 16.7 Å². The SMILES string of the molecule is Cc1ccc(S(=O)(=O)N2CCN(c3ccc(-c4ccc(C)cc4C)nn3)CC2)cc1. The van der Waals surface area contributed by atoms with Gasteiger partial charge < -0.3 is 4.90 Å². The zero-order chi connectivity index (χ0) is 21.3. The summed E-state index contributed by atoms with van der Waals surface area (Å²) in [6.07, 6.45) is 0. The molecule has 156 valence electrons. The van der Waals surface area contributed by atoms with Gasteiger partial charge in [0.1, 0.15) is 0 Å². The molecule has 0 spiro atoms. The Morgan fingerprint density at radius 2 is 1.43 bits per heavy atom. The van der Waals surface area contributed by atoms with Crippen LogP contribution < -0.4 is 4.90 Å². The Kier molecular flexibility index (Phi) is 5.58. The molecule has 0 radical (unpaired) electrons. The van der Waals surface area contributed by atoms with Crippen LogP contribution in [-0.4, -0.2) is 49.1 Å². The van der Waals surface area contributed by atoms with E-state index in [1.165, 1.54) is 11.1 Å². The molecule has 1 aromatic heterocycles. The molecule has 6 nitrogen and oxygen atoms in total. The number of hydrogen-bond acceptors (Lipinski definition) is 5. The Hall–Kier alpha value is -2.77. The summed E-state index contributed by atoms with van der Waals surface area (Å²) in [6, 6.07) is 17.2. The van der Waals surface area contributed by atoms with Crippen LogP contribution in [0.3, 0.4) is 0 Å². The highest BCUT2D eigenvalue weighted by molar-refractivity contribution is 7.89. The lowest BCUT2D eigenvalue weighted by atomic mass is 10.0. The van der Waals surface area contributed by atoms with Gasteiger partial charge in [-0.05, 0) is 50.6 Å². The van der Waals surface area contributed by atoms with Crippen LogP contribution in [0.15, 0.2) is 59.5 Å². The van der Waals surface area contributed by atoms with Crippen LogP contribution in [0.25, 0.3) is 11.3 Å². The van der Waals surface area contributed by atoms with E-state index in [0.29, 0.717) is 31.1 Å². The van der Waals surface area contributed by atoms with Gasteiger partial charge in [0, 0.05) is 31.7 Å². The monoisotopic (exact) mass is 422 g/mol. The number of piperazine rings is 1. The van der Waals surface area contributed by atoms with E-state index in [4.69, 9.17) is 0 Å². The molecule has 3 aromatic rings. The van der Waals surface area contributed by atoms with Crippen LogP contribution in [-0.2, 0) is 10.0 Å². The number of nitrogens with zero attached hydrogens (tertiary/aromatic N) is 4. The lowest BCUT2D eigenvalue weighted by Crippen LogP contribution is -2.49. The second kappa shape index (κ2) is 8.16. The fraction of sp³-hybridized carbons (Fsp3) is 0.304. The predicted octanol–water partition coefficient (Wildman–Crippen LogP) is 3.58. The van der Waals surface area contributed by atoms with Crippen LogP contribution in [0, 0.1) is 20.8 Å². The van der Waals surface area contributed by atoms with Crippen molar-refractivity contribution in [2.45, 2.75) is 25.7 Å². The first-order valence-corrected chi connectivity index (χ1v) is 11.5. The van der Waals surface area contributed by atoms with Crippen molar-refractivity contribution >= 4 is 15.8 Å². The summed E-state index contributed by atoms with van der Waals surface area (Å²) in [5.41, 5.74) is 5.36. The summed E-state index contributed by atoms with van der Waals surface area (Å²) in [5, 5.41) is 8.82. The Morgan fingerprint density at radius 3 is 2.03 bits per heavy atom. The van der Waals surface area contributed by atoms with Gasteiger partial charge in [0.05, 0.1) is 10.6 Å². The zero-order valence-corrected chi connectivity index (χ0v) is 18.4. The topological polar surface area (TPSA) is 66.4 Å². The van der Waals surface area contributed by atoms with Gasteiger partial charge in [0.2, 0.25) is 10.0 Å². The molecule has 1 aliphatic heterocycles. The Bertz CT molecular complexity index is 1130. The Morgan fingerprint density at radius 1 is 0.767 bits per heavy atom. The number of aromatic nitrogens is 2. The van der Waals surface area contributed by atoms with E-state index in [-0.39, 0.29) is 0 Å². The smallest absolute Gasteiger partial charge is 0.243 e. The van der Waals surface area contributed by atoms with Crippen LogP contribution in [0.2, 0.25) is 0 Å². The second-order valence-corrected chi connectivity index (χ2v) is 9.74. The summed E-state index contributed by atoms with van der Waals surface area (Å²) < 4.78 is 27.3. The molecule has 0 saturated carbocycles. The van der Waals surface area contributed by atoms with E-state index in [0.717, 1.165) is 22.6 Å². The van der Waals surface area contributed by atoms with E-state index in [1.54, 1.807) is 16.4 Å². The van der Waals surface area contributed by atoms with Crippen LogP contribution in [0.5, 0.6) is 0 Å². The highest BCUT2D eigenvalue weighted by atomic mass is 32.2. The van der Waals surface area contributed by atoms with Crippen molar-refractivity contribution < 1.29 is 8.42 Å². The van der Waals surface area contributed by atoms with Crippen molar-refractivity contribution in [3.63, 3.8) is 0 Å². The minimum absolute atomic E-state index is 0.346. The molecule has 1 aliphatic rings. The minimum Gasteiger partial charge on any atom is -0.352 e. The molecule has 2 aromatic carbocycles. The largest absolute Gasteiger partial charge is 0.352 e. The summed E-state index contributed by atoms with van der Waals surface area (Å²) in [7, 11) is -3.46. The number of sulfonamides is 1. The van der Waals surface area contributed by atoms with Gasteiger partial charge in [-0.25, -0.2) is 8.42 Å². The third-order valence-corrected chi connectivity index (χ3v) is 7.44. The number of benzene rings is 2.